The van der Waals surface area contributed by atoms with Crippen LogP contribution in [0.5, 0.6) is 0 Å². The van der Waals surface area contributed by atoms with Crippen LogP contribution < -0.4 is 0 Å². The topological polar surface area (TPSA) is 52.1 Å². The number of carbonyl (C=O) groups excluding carboxylic acids is 1. The molecule has 1 aromatic heterocycles. The van der Waals surface area contributed by atoms with Crippen LogP contribution in [0.2, 0.25) is 0 Å². The van der Waals surface area contributed by atoms with Crippen LogP contribution in [-0.2, 0) is 9.53 Å². The van der Waals surface area contributed by atoms with Crippen LogP contribution in [0.1, 0.15) is 12.7 Å². The van der Waals surface area contributed by atoms with Crippen molar-refractivity contribution >= 4 is 28.0 Å². The minimum absolute atomic E-state index is 0.365. The molecule has 74 valence electrons. The summed E-state index contributed by atoms with van der Waals surface area (Å²) in [6.45, 7) is 2.12. The predicted octanol–water partition coefficient (Wildman–Crippen LogP) is 1.82. The van der Waals surface area contributed by atoms with Gasteiger partial charge in [-0.1, -0.05) is 0 Å². The molecule has 0 spiro atoms. The van der Waals surface area contributed by atoms with Crippen LogP contribution in [0, 0.1) is 0 Å². The first-order valence-corrected chi connectivity index (χ1v) is 4.84. The van der Waals surface area contributed by atoms with E-state index in [1.54, 1.807) is 19.3 Å². The van der Waals surface area contributed by atoms with E-state index in [2.05, 4.69) is 25.9 Å². The minimum atomic E-state index is -0.390. The summed E-state index contributed by atoms with van der Waals surface area (Å²) < 4.78 is 5.49. The first kappa shape index (κ1) is 10.8. The molecule has 0 saturated heterocycles. The first-order valence-electron chi connectivity index (χ1n) is 4.04. The van der Waals surface area contributed by atoms with E-state index in [1.165, 1.54) is 12.2 Å². The van der Waals surface area contributed by atoms with E-state index >= 15 is 0 Å². The number of carbonyl (C=O) groups is 1. The van der Waals surface area contributed by atoms with Gasteiger partial charge in [0.05, 0.1) is 11.1 Å². The zero-order valence-electron chi connectivity index (χ0n) is 7.61. The van der Waals surface area contributed by atoms with Crippen molar-refractivity contribution in [1.82, 2.24) is 9.97 Å². The molecule has 0 saturated carbocycles. The Balaban J connectivity index is 2.60. The molecule has 0 fully saturated rings. The number of ether oxygens (including phenoxy) is 1. The number of rotatable bonds is 3. The van der Waals surface area contributed by atoms with Gasteiger partial charge in [-0.25, -0.2) is 14.8 Å². The van der Waals surface area contributed by atoms with Gasteiger partial charge in [0.1, 0.15) is 0 Å². The van der Waals surface area contributed by atoms with Crippen LogP contribution in [0.3, 0.4) is 0 Å². The van der Waals surface area contributed by atoms with Crippen molar-refractivity contribution in [2.45, 2.75) is 6.92 Å². The number of hydrogen-bond acceptors (Lipinski definition) is 4. The molecule has 0 atom stereocenters. The largest absolute Gasteiger partial charge is 0.463 e. The molecule has 1 rings (SSSR count). The summed E-state index contributed by atoms with van der Waals surface area (Å²) in [6.07, 6.45) is 6.02. The maximum Gasteiger partial charge on any atom is 0.330 e. The van der Waals surface area contributed by atoms with Crippen LogP contribution >= 0.6 is 15.9 Å². The lowest BCUT2D eigenvalue weighted by atomic mass is 10.4. The third-order valence-electron chi connectivity index (χ3n) is 1.30. The highest BCUT2D eigenvalue weighted by Crippen LogP contribution is 2.04. The fourth-order valence-electron chi connectivity index (χ4n) is 0.741. The first-order chi connectivity index (χ1) is 6.72. The number of aromatic nitrogens is 2. The maximum absolute atomic E-state index is 10.9. The fraction of sp³-hybridized carbons (Fsp3) is 0.222. The van der Waals surface area contributed by atoms with Crippen LogP contribution in [-0.4, -0.2) is 22.5 Å². The summed E-state index contributed by atoms with van der Waals surface area (Å²) >= 11 is 3.21. The van der Waals surface area contributed by atoms with Crippen LogP contribution in [0.25, 0.3) is 6.08 Å². The van der Waals surface area contributed by atoms with E-state index in [0.717, 1.165) is 4.47 Å². The Morgan fingerprint density at radius 1 is 1.57 bits per heavy atom. The molecule has 1 aromatic rings. The lowest BCUT2D eigenvalue weighted by molar-refractivity contribution is -0.137. The third kappa shape index (κ3) is 3.66. The Labute approximate surface area is 90.1 Å². The molecule has 0 bridgehead atoms. The molecule has 14 heavy (non-hydrogen) atoms. The third-order valence-corrected chi connectivity index (χ3v) is 1.70. The normalized spacial score (nSPS) is 10.4. The lowest BCUT2D eigenvalue weighted by Gasteiger charge is -1.94. The van der Waals surface area contributed by atoms with Gasteiger partial charge < -0.3 is 4.74 Å². The van der Waals surface area contributed by atoms with Gasteiger partial charge in [0.2, 0.25) is 0 Å². The maximum atomic E-state index is 10.9. The lowest BCUT2D eigenvalue weighted by Crippen LogP contribution is -1.99. The summed E-state index contributed by atoms with van der Waals surface area (Å²) in [5, 5.41) is 0. The summed E-state index contributed by atoms with van der Waals surface area (Å²) in [4.78, 5) is 18.8. The fourth-order valence-corrected chi connectivity index (χ4v) is 0.946. The Morgan fingerprint density at radius 3 is 2.79 bits per heavy atom. The van der Waals surface area contributed by atoms with Crippen molar-refractivity contribution in [2.24, 2.45) is 0 Å². The highest BCUT2D eigenvalue weighted by molar-refractivity contribution is 9.10. The standard InChI is InChI=1S/C9H9BrN2O2/c1-2-14-9(13)4-3-8-11-5-7(10)6-12-8/h3-6H,2H2,1H3. The SMILES string of the molecule is CCOC(=O)C=Cc1ncc(Br)cn1. The molecule has 0 aromatic carbocycles. The van der Waals surface area contributed by atoms with Gasteiger partial charge in [-0.05, 0) is 28.9 Å². The number of halogens is 1. The van der Waals surface area contributed by atoms with E-state index in [1.807, 2.05) is 0 Å². The van der Waals surface area contributed by atoms with E-state index < -0.39 is 0 Å². The van der Waals surface area contributed by atoms with Crippen molar-refractivity contribution in [3.05, 3.63) is 28.8 Å². The number of nitrogens with zero attached hydrogens (tertiary/aromatic N) is 2. The zero-order valence-corrected chi connectivity index (χ0v) is 9.19. The van der Waals surface area contributed by atoms with Crippen molar-refractivity contribution in [3.63, 3.8) is 0 Å². The molecular formula is C9H9BrN2O2. The molecule has 4 nitrogen and oxygen atoms in total. The second kappa shape index (κ2) is 5.49. The van der Waals surface area contributed by atoms with Gasteiger partial charge in [-0.2, -0.15) is 0 Å². The van der Waals surface area contributed by atoms with Gasteiger partial charge in [-0.15, -0.1) is 0 Å². The van der Waals surface area contributed by atoms with Crippen molar-refractivity contribution < 1.29 is 9.53 Å². The van der Waals surface area contributed by atoms with Crippen LogP contribution in [0.4, 0.5) is 0 Å². The minimum Gasteiger partial charge on any atom is -0.463 e. The summed E-state index contributed by atoms with van der Waals surface area (Å²) in [5.41, 5.74) is 0. The van der Waals surface area contributed by atoms with Crippen molar-refractivity contribution in [3.8, 4) is 0 Å². The molecular weight excluding hydrogens is 248 g/mol. The van der Waals surface area contributed by atoms with Gasteiger partial charge in [0.25, 0.3) is 0 Å². The average molecular weight is 257 g/mol. The van der Waals surface area contributed by atoms with Crippen molar-refractivity contribution in [2.75, 3.05) is 6.61 Å². The highest BCUT2D eigenvalue weighted by atomic mass is 79.9. The summed E-state index contributed by atoms with van der Waals surface area (Å²) in [5.74, 6) is 0.0836. The second-order valence-corrected chi connectivity index (χ2v) is 3.26. The number of hydrogen-bond donors (Lipinski definition) is 0. The number of esters is 1. The van der Waals surface area contributed by atoms with Gasteiger partial charge >= 0.3 is 5.97 Å². The second-order valence-electron chi connectivity index (χ2n) is 2.34. The molecule has 0 amide bonds. The Kier molecular flexibility index (Phi) is 4.25. The molecule has 0 unspecified atom stereocenters. The molecule has 0 N–H and O–H groups in total. The Morgan fingerprint density at radius 2 is 2.21 bits per heavy atom. The molecule has 0 aliphatic rings. The van der Waals surface area contributed by atoms with Gasteiger partial charge in [0.15, 0.2) is 5.82 Å². The van der Waals surface area contributed by atoms with E-state index in [0.29, 0.717) is 12.4 Å². The van der Waals surface area contributed by atoms with E-state index in [9.17, 15) is 4.79 Å². The van der Waals surface area contributed by atoms with Gasteiger partial charge in [-0.3, -0.25) is 0 Å². The zero-order chi connectivity index (χ0) is 10.4. The summed E-state index contributed by atoms with van der Waals surface area (Å²) in [7, 11) is 0. The van der Waals surface area contributed by atoms with Gasteiger partial charge in [0, 0.05) is 18.5 Å². The smallest absolute Gasteiger partial charge is 0.330 e. The highest BCUT2D eigenvalue weighted by Gasteiger charge is 1.95. The molecule has 0 radical (unpaired) electrons. The molecule has 1 heterocycles. The molecule has 0 aliphatic carbocycles. The van der Waals surface area contributed by atoms with E-state index in [4.69, 9.17) is 4.74 Å². The average Bonchev–Trinajstić information content (AvgIpc) is 2.17. The quantitative estimate of drug-likeness (QED) is 0.612. The van der Waals surface area contributed by atoms with E-state index in [-0.39, 0.29) is 5.97 Å². The van der Waals surface area contributed by atoms with Crippen molar-refractivity contribution in [1.29, 1.82) is 0 Å². The summed E-state index contributed by atoms with van der Waals surface area (Å²) in [6, 6.07) is 0. The Bertz CT molecular complexity index is 335. The molecule has 0 aliphatic heterocycles. The Hall–Kier alpha value is -1.23. The predicted molar refractivity (Wildman–Crippen MR) is 55.4 cm³/mol. The van der Waals surface area contributed by atoms with Crippen LogP contribution in [0.15, 0.2) is 22.9 Å². The monoisotopic (exact) mass is 256 g/mol. The molecule has 5 heteroatoms.